The van der Waals surface area contributed by atoms with E-state index in [9.17, 15) is 29.1 Å². The summed E-state index contributed by atoms with van der Waals surface area (Å²) < 4.78 is 0. The largest absolute Gasteiger partial charge is 0.480 e. The summed E-state index contributed by atoms with van der Waals surface area (Å²) >= 11 is 0. The number of carbonyl (C=O) groups is 5. The standard InChI is InChI=1S/C13H20N4O6/c14-6(1-3-9(15)19)11(21)13(16,12(22)23)5-8(18)7-2-4-10(20)17-7/h6-7H,1-5,14,16H2,(H2,15,19)(H,17,20)(H,22,23). The van der Waals surface area contributed by atoms with Gasteiger partial charge in [-0.3, -0.25) is 19.2 Å². The van der Waals surface area contributed by atoms with Crippen LogP contribution in [-0.2, 0) is 24.0 Å². The van der Waals surface area contributed by atoms with Crippen LogP contribution in [0, 0.1) is 0 Å². The third-order valence-electron chi connectivity index (χ3n) is 3.70. The van der Waals surface area contributed by atoms with Crippen LogP contribution < -0.4 is 22.5 Å². The predicted octanol–water partition coefficient (Wildman–Crippen LogP) is -2.83. The van der Waals surface area contributed by atoms with Gasteiger partial charge in [0.05, 0.1) is 12.1 Å². The summed E-state index contributed by atoms with van der Waals surface area (Å²) in [7, 11) is 0. The van der Waals surface area contributed by atoms with Gasteiger partial charge in [-0.15, -0.1) is 0 Å². The zero-order valence-corrected chi connectivity index (χ0v) is 12.4. The Morgan fingerprint density at radius 3 is 2.39 bits per heavy atom. The Kier molecular flexibility index (Phi) is 5.93. The van der Waals surface area contributed by atoms with Gasteiger partial charge < -0.3 is 27.6 Å². The molecule has 0 aliphatic carbocycles. The van der Waals surface area contributed by atoms with E-state index in [-0.39, 0.29) is 31.6 Å². The summed E-state index contributed by atoms with van der Waals surface area (Å²) in [6.45, 7) is 0. The third-order valence-corrected chi connectivity index (χ3v) is 3.70. The van der Waals surface area contributed by atoms with Crippen molar-refractivity contribution in [2.75, 3.05) is 0 Å². The SMILES string of the molecule is NC(=O)CCC(N)C(=O)C(N)(CC(=O)C1CCC(=O)N1)C(=O)O. The minimum atomic E-state index is -2.51. The number of carboxylic acid groups (broad SMARTS) is 1. The maximum atomic E-state index is 12.2. The molecule has 3 unspecified atom stereocenters. The number of nitrogens with one attached hydrogen (secondary N) is 1. The molecule has 0 bridgehead atoms. The zero-order valence-electron chi connectivity index (χ0n) is 12.4. The van der Waals surface area contributed by atoms with Gasteiger partial charge in [-0.05, 0) is 12.8 Å². The molecule has 8 N–H and O–H groups in total. The minimum absolute atomic E-state index is 0.146. The van der Waals surface area contributed by atoms with Crippen LogP contribution in [0.5, 0.6) is 0 Å². The summed E-state index contributed by atoms with van der Waals surface area (Å²) in [5.41, 5.74) is 13.6. The normalized spacial score (nSPS) is 21.1. The average Bonchev–Trinajstić information content (AvgIpc) is 2.90. The van der Waals surface area contributed by atoms with Gasteiger partial charge in [-0.25, -0.2) is 4.79 Å². The minimum Gasteiger partial charge on any atom is -0.480 e. The quantitative estimate of drug-likeness (QED) is 0.279. The van der Waals surface area contributed by atoms with Crippen molar-refractivity contribution in [3.8, 4) is 0 Å². The fourth-order valence-electron chi connectivity index (χ4n) is 2.28. The van der Waals surface area contributed by atoms with Crippen LogP contribution in [0.15, 0.2) is 0 Å². The van der Waals surface area contributed by atoms with E-state index >= 15 is 0 Å². The molecule has 1 fully saturated rings. The van der Waals surface area contributed by atoms with Gasteiger partial charge in [0.2, 0.25) is 11.8 Å². The Balaban J connectivity index is 2.83. The molecule has 0 aromatic carbocycles. The highest BCUT2D eigenvalue weighted by Gasteiger charge is 2.47. The fraction of sp³-hybridized carbons (Fsp3) is 0.615. The van der Waals surface area contributed by atoms with Gasteiger partial charge in [0.25, 0.3) is 0 Å². The summed E-state index contributed by atoms with van der Waals surface area (Å²) in [5.74, 6) is -4.45. The maximum Gasteiger partial charge on any atom is 0.331 e. The Hall–Kier alpha value is -2.33. The molecule has 0 saturated carbocycles. The number of carbonyl (C=O) groups excluding carboxylic acids is 4. The van der Waals surface area contributed by atoms with E-state index in [0.717, 1.165) is 0 Å². The molecule has 1 aliphatic heterocycles. The Bertz CT molecular complexity index is 549. The zero-order chi connectivity index (χ0) is 17.8. The molecule has 2 amide bonds. The highest BCUT2D eigenvalue weighted by molar-refractivity contribution is 6.13. The first kappa shape index (κ1) is 18.7. The van der Waals surface area contributed by atoms with Crippen molar-refractivity contribution in [2.24, 2.45) is 17.2 Å². The molecule has 0 spiro atoms. The summed E-state index contributed by atoms with van der Waals surface area (Å²) in [6, 6.07) is -2.20. The number of Topliss-reactive ketones (excluding diaryl/α,β-unsaturated/α-hetero) is 2. The number of primary amides is 1. The van der Waals surface area contributed by atoms with Crippen molar-refractivity contribution in [1.82, 2.24) is 5.32 Å². The second-order valence-corrected chi connectivity index (χ2v) is 5.55. The van der Waals surface area contributed by atoms with Gasteiger partial charge in [-0.2, -0.15) is 0 Å². The number of hydrogen-bond acceptors (Lipinski definition) is 7. The second-order valence-electron chi connectivity index (χ2n) is 5.55. The molecule has 1 heterocycles. The number of aliphatic carboxylic acids is 1. The first-order chi connectivity index (χ1) is 10.6. The maximum absolute atomic E-state index is 12.2. The van der Waals surface area contributed by atoms with E-state index in [1.807, 2.05) is 0 Å². The molecule has 1 rings (SSSR count). The molecule has 1 saturated heterocycles. The lowest BCUT2D eigenvalue weighted by molar-refractivity contribution is -0.151. The first-order valence-corrected chi connectivity index (χ1v) is 7.00. The number of rotatable bonds is 9. The fourth-order valence-corrected chi connectivity index (χ4v) is 2.28. The van der Waals surface area contributed by atoms with Gasteiger partial charge in [0, 0.05) is 19.3 Å². The molecular weight excluding hydrogens is 308 g/mol. The topological polar surface area (TPSA) is 196 Å². The highest BCUT2D eigenvalue weighted by Crippen LogP contribution is 2.18. The highest BCUT2D eigenvalue weighted by atomic mass is 16.4. The van der Waals surface area contributed by atoms with Gasteiger partial charge in [-0.1, -0.05) is 0 Å². The van der Waals surface area contributed by atoms with Crippen molar-refractivity contribution in [3.63, 3.8) is 0 Å². The van der Waals surface area contributed by atoms with Crippen LogP contribution >= 0.6 is 0 Å². The first-order valence-electron chi connectivity index (χ1n) is 7.00. The molecule has 10 nitrogen and oxygen atoms in total. The lowest BCUT2D eigenvalue weighted by Gasteiger charge is -2.26. The number of ketones is 2. The predicted molar refractivity (Wildman–Crippen MR) is 76.8 cm³/mol. The summed E-state index contributed by atoms with van der Waals surface area (Å²) in [4.78, 5) is 57.5. The van der Waals surface area contributed by atoms with Crippen molar-refractivity contribution in [2.45, 2.75) is 49.7 Å². The van der Waals surface area contributed by atoms with Crippen LogP contribution in [0.4, 0.5) is 0 Å². The van der Waals surface area contributed by atoms with Gasteiger partial charge >= 0.3 is 5.97 Å². The number of carboxylic acids is 1. The Morgan fingerprint density at radius 1 is 1.35 bits per heavy atom. The van der Waals surface area contributed by atoms with Crippen LogP contribution in [0.3, 0.4) is 0 Å². The molecule has 128 valence electrons. The van der Waals surface area contributed by atoms with Crippen molar-refractivity contribution >= 4 is 29.4 Å². The van der Waals surface area contributed by atoms with Gasteiger partial charge in [0.15, 0.2) is 17.1 Å². The molecule has 1 aliphatic rings. The van der Waals surface area contributed by atoms with Gasteiger partial charge in [0.1, 0.15) is 0 Å². The van der Waals surface area contributed by atoms with E-state index in [2.05, 4.69) is 5.32 Å². The summed E-state index contributed by atoms with van der Waals surface area (Å²) in [6.07, 6.45) is -0.817. The molecule has 10 heteroatoms. The van der Waals surface area contributed by atoms with Crippen molar-refractivity contribution in [3.05, 3.63) is 0 Å². The third kappa shape index (κ3) is 4.57. The van der Waals surface area contributed by atoms with Crippen molar-refractivity contribution < 1.29 is 29.1 Å². The molecule has 23 heavy (non-hydrogen) atoms. The molecule has 0 aromatic rings. The average molecular weight is 328 g/mol. The number of hydrogen-bond donors (Lipinski definition) is 5. The van der Waals surface area contributed by atoms with E-state index in [1.54, 1.807) is 0 Å². The molecular formula is C13H20N4O6. The molecule has 0 radical (unpaired) electrons. The number of nitrogens with two attached hydrogens (primary N) is 3. The van der Waals surface area contributed by atoms with Crippen LogP contribution in [0.1, 0.15) is 32.1 Å². The van der Waals surface area contributed by atoms with E-state index < -0.39 is 47.5 Å². The molecule has 0 aromatic heterocycles. The van der Waals surface area contributed by atoms with Crippen LogP contribution in [-0.4, -0.2) is 52.1 Å². The van der Waals surface area contributed by atoms with Crippen LogP contribution in [0.2, 0.25) is 0 Å². The van der Waals surface area contributed by atoms with Crippen molar-refractivity contribution in [1.29, 1.82) is 0 Å². The summed E-state index contributed by atoms with van der Waals surface area (Å²) in [5, 5.41) is 11.6. The lowest BCUT2D eigenvalue weighted by Crippen LogP contribution is -2.62. The van der Waals surface area contributed by atoms with E-state index in [1.165, 1.54) is 0 Å². The van der Waals surface area contributed by atoms with E-state index in [0.29, 0.717) is 0 Å². The van der Waals surface area contributed by atoms with Crippen LogP contribution in [0.25, 0.3) is 0 Å². The lowest BCUT2D eigenvalue weighted by atomic mass is 9.83. The Labute approximate surface area is 131 Å². The molecule has 3 atom stereocenters. The monoisotopic (exact) mass is 328 g/mol. The second kappa shape index (κ2) is 7.29. The van der Waals surface area contributed by atoms with E-state index in [4.69, 9.17) is 17.2 Å². The Morgan fingerprint density at radius 2 is 1.96 bits per heavy atom. The number of amides is 2. The smallest absolute Gasteiger partial charge is 0.331 e.